The third kappa shape index (κ3) is 14.2. The molecule has 0 aromatic heterocycles. The number of aromatic hydroxyl groups is 1. The highest BCUT2D eigenvalue weighted by atomic mass is 35.5. The summed E-state index contributed by atoms with van der Waals surface area (Å²) >= 11 is 1.49. The first kappa shape index (κ1) is 40.4. The normalized spacial score (nSPS) is 12.5. The minimum Gasteiger partial charge on any atom is -0.508 e. The summed E-state index contributed by atoms with van der Waals surface area (Å²) in [4.78, 5) is 63.7. The quantitative estimate of drug-likeness (QED) is 0.117. The molecule has 254 valence electrons. The molecule has 0 spiro atoms. The minimum atomic E-state index is -1.00. The number of carbonyl (C=O) groups is 5. The molecule has 8 N–H and O–H groups in total. The first-order chi connectivity index (χ1) is 21.4. The number of phenolic OH excluding ortho intramolecular Hbond substituents is 1. The van der Waals surface area contributed by atoms with Gasteiger partial charge in [-0.3, -0.25) is 24.0 Å². The molecule has 2 aromatic rings. The molecular weight excluding hydrogens is 634 g/mol. The van der Waals surface area contributed by atoms with Crippen LogP contribution in [0.2, 0.25) is 0 Å². The Morgan fingerprint density at radius 2 is 1.61 bits per heavy atom. The van der Waals surface area contributed by atoms with Crippen molar-refractivity contribution < 1.29 is 33.8 Å². The fraction of sp³-hybridized carbons (Fsp3) is 0.469. The highest BCUT2D eigenvalue weighted by Gasteiger charge is 2.26. The highest BCUT2D eigenvalue weighted by Crippen LogP contribution is 2.22. The lowest BCUT2D eigenvalue weighted by atomic mass is 9.96. The highest BCUT2D eigenvalue weighted by molar-refractivity contribution is 7.98. The number of Topliss-reactive ketones (excluding diaryl/α,β-unsaturated/α-hetero) is 1. The largest absolute Gasteiger partial charge is 0.508 e. The van der Waals surface area contributed by atoms with Gasteiger partial charge in [0.05, 0.1) is 18.6 Å². The lowest BCUT2D eigenvalue weighted by molar-refractivity contribution is -0.148. The molecule has 0 saturated heterocycles. The number of benzene rings is 2. The Hall–Kier alpha value is -3.65. The van der Waals surface area contributed by atoms with Crippen LogP contribution >= 0.6 is 24.2 Å². The first-order valence-corrected chi connectivity index (χ1v) is 16.2. The van der Waals surface area contributed by atoms with Crippen LogP contribution in [0, 0.1) is 13.8 Å². The van der Waals surface area contributed by atoms with Crippen LogP contribution in [0.15, 0.2) is 42.5 Å². The molecule has 0 radical (unpaired) electrons. The Morgan fingerprint density at radius 1 is 0.957 bits per heavy atom. The summed E-state index contributed by atoms with van der Waals surface area (Å²) in [5, 5.41) is 17.7. The van der Waals surface area contributed by atoms with Gasteiger partial charge >= 0.3 is 5.97 Å². The van der Waals surface area contributed by atoms with E-state index in [0.717, 1.165) is 22.3 Å². The van der Waals surface area contributed by atoms with Crippen molar-refractivity contribution in [3.05, 3.63) is 64.7 Å². The number of aryl methyl sites for hydroxylation is 2. The standard InChI is InChI=1S/C32H45N5O7S.ClH/c1-20-14-23(38)15-21(2)24(20)17-25(34)31(42)37-26(11-13-45-3)32(43)35-18-29(40)36-27(16-22-8-5-4-6-9-22)28(39)19-44-30(41)10-7-12-33;/h4-6,8-9,14-15,25-27,38H,7,10-13,16-19,33-34H2,1-3H3,(H,35,43)(H,36,40)(H,37,42);1H/t25-,26-,27-;/m0./s1. The number of ketones is 1. The van der Waals surface area contributed by atoms with E-state index in [4.69, 9.17) is 16.2 Å². The van der Waals surface area contributed by atoms with Gasteiger partial charge in [-0.15, -0.1) is 12.4 Å². The van der Waals surface area contributed by atoms with E-state index >= 15 is 0 Å². The summed E-state index contributed by atoms with van der Waals surface area (Å²) in [5.41, 5.74) is 14.8. The number of phenols is 1. The number of esters is 1. The van der Waals surface area contributed by atoms with Gasteiger partial charge in [-0.2, -0.15) is 11.8 Å². The second kappa shape index (κ2) is 21.2. The van der Waals surface area contributed by atoms with Gasteiger partial charge in [-0.25, -0.2) is 0 Å². The van der Waals surface area contributed by atoms with E-state index in [9.17, 15) is 29.1 Å². The number of halogens is 1. The number of amides is 3. The number of ether oxygens (including phenoxy) is 1. The van der Waals surface area contributed by atoms with Gasteiger partial charge in [-0.1, -0.05) is 30.3 Å². The monoisotopic (exact) mass is 679 g/mol. The van der Waals surface area contributed by atoms with Crippen LogP contribution in [0.25, 0.3) is 0 Å². The zero-order chi connectivity index (χ0) is 33.4. The summed E-state index contributed by atoms with van der Waals surface area (Å²) in [6.07, 6.45) is 3.05. The maximum atomic E-state index is 13.1. The predicted octanol–water partition coefficient (Wildman–Crippen LogP) is 1.23. The molecule has 2 aromatic carbocycles. The number of hydrogen-bond acceptors (Lipinski definition) is 10. The number of thioether (sulfide) groups is 1. The number of hydrogen-bond donors (Lipinski definition) is 6. The van der Waals surface area contributed by atoms with Crippen molar-refractivity contribution in [1.29, 1.82) is 0 Å². The number of carbonyl (C=O) groups excluding carboxylic acids is 5. The van der Waals surface area contributed by atoms with Gasteiger partial charge in [0.15, 0.2) is 12.4 Å². The molecule has 0 aliphatic carbocycles. The molecule has 0 heterocycles. The fourth-order valence-corrected chi connectivity index (χ4v) is 5.06. The summed E-state index contributed by atoms with van der Waals surface area (Å²) in [7, 11) is 0. The third-order valence-corrected chi connectivity index (χ3v) is 7.72. The zero-order valence-corrected chi connectivity index (χ0v) is 28.1. The van der Waals surface area contributed by atoms with Gasteiger partial charge in [0.25, 0.3) is 0 Å². The Bertz CT molecular complexity index is 1290. The van der Waals surface area contributed by atoms with Gasteiger partial charge in [0.1, 0.15) is 11.8 Å². The average molecular weight is 680 g/mol. The summed E-state index contributed by atoms with van der Waals surface area (Å²) in [6.45, 7) is 2.99. The van der Waals surface area contributed by atoms with Crippen molar-refractivity contribution in [2.75, 3.05) is 31.7 Å². The van der Waals surface area contributed by atoms with Gasteiger partial charge in [0, 0.05) is 6.42 Å². The topological polar surface area (TPSA) is 203 Å². The first-order valence-electron chi connectivity index (χ1n) is 14.8. The second-order valence-electron chi connectivity index (χ2n) is 10.8. The van der Waals surface area contributed by atoms with Crippen molar-refractivity contribution in [1.82, 2.24) is 16.0 Å². The smallest absolute Gasteiger partial charge is 0.306 e. The van der Waals surface area contributed by atoms with E-state index in [1.54, 1.807) is 36.4 Å². The Balaban J connectivity index is 0.0000106. The maximum Gasteiger partial charge on any atom is 0.306 e. The van der Waals surface area contributed by atoms with E-state index in [2.05, 4.69) is 16.0 Å². The molecule has 46 heavy (non-hydrogen) atoms. The van der Waals surface area contributed by atoms with E-state index < -0.39 is 60.8 Å². The average Bonchev–Trinajstić information content (AvgIpc) is 3.01. The van der Waals surface area contributed by atoms with Crippen molar-refractivity contribution in [3.8, 4) is 5.75 Å². The van der Waals surface area contributed by atoms with E-state index in [1.165, 1.54) is 11.8 Å². The molecule has 0 saturated carbocycles. The lowest BCUT2D eigenvalue weighted by Crippen LogP contribution is -2.54. The van der Waals surface area contributed by atoms with Crippen LogP contribution in [-0.2, 0) is 41.6 Å². The molecule has 2 rings (SSSR count). The second-order valence-corrected chi connectivity index (χ2v) is 11.7. The summed E-state index contributed by atoms with van der Waals surface area (Å²) in [6, 6.07) is 9.32. The van der Waals surface area contributed by atoms with E-state index in [0.29, 0.717) is 25.1 Å². The third-order valence-electron chi connectivity index (χ3n) is 7.08. The van der Waals surface area contributed by atoms with Crippen LogP contribution in [0.4, 0.5) is 0 Å². The van der Waals surface area contributed by atoms with Crippen molar-refractivity contribution in [2.24, 2.45) is 11.5 Å². The predicted molar refractivity (Wildman–Crippen MR) is 181 cm³/mol. The molecule has 12 nitrogen and oxygen atoms in total. The van der Waals surface area contributed by atoms with Crippen LogP contribution in [0.5, 0.6) is 5.75 Å². The van der Waals surface area contributed by atoms with Crippen molar-refractivity contribution in [2.45, 2.75) is 64.1 Å². The van der Waals surface area contributed by atoms with E-state index in [1.807, 2.05) is 26.2 Å². The molecule has 0 fully saturated rings. The Morgan fingerprint density at radius 3 is 2.22 bits per heavy atom. The number of rotatable bonds is 19. The zero-order valence-electron chi connectivity index (χ0n) is 26.5. The van der Waals surface area contributed by atoms with Crippen molar-refractivity contribution in [3.63, 3.8) is 0 Å². The minimum absolute atomic E-state index is 0. The Kier molecular flexibility index (Phi) is 18.6. The molecule has 0 aliphatic rings. The SMILES string of the molecule is CSCC[C@H](NC(=O)[C@@H](N)Cc1c(C)cc(O)cc1C)C(=O)NCC(=O)N[C@@H](Cc1ccccc1)C(=O)COC(=O)CCCN.Cl. The molecular formula is C32H46ClN5O7S. The van der Waals surface area contributed by atoms with Crippen LogP contribution in [-0.4, -0.2) is 84.4 Å². The molecule has 14 heteroatoms. The molecule has 3 atom stereocenters. The van der Waals surface area contributed by atoms with Crippen LogP contribution < -0.4 is 27.4 Å². The van der Waals surface area contributed by atoms with Crippen LogP contribution in [0.3, 0.4) is 0 Å². The molecule has 0 bridgehead atoms. The number of nitrogens with one attached hydrogen (secondary N) is 3. The fourth-order valence-electron chi connectivity index (χ4n) is 4.59. The maximum absolute atomic E-state index is 13.1. The van der Waals surface area contributed by atoms with Gasteiger partial charge in [-0.05, 0) is 92.5 Å². The Labute approximate surface area is 280 Å². The van der Waals surface area contributed by atoms with Gasteiger partial charge in [0.2, 0.25) is 17.7 Å². The molecule has 0 aliphatic heterocycles. The summed E-state index contributed by atoms with van der Waals surface area (Å²) < 4.78 is 5.06. The van der Waals surface area contributed by atoms with Crippen LogP contribution in [0.1, 0.15) is 41.5 Å². The van der Waals surface area contributed by atoms with E-state index in [-0.39, 0.29) is 37.4 Å². The molecule has 3 amide bonds. The summed E-state index contributed by atoms with van der Waals surface area (Å²) in [5.74, 6) is -2.10. The lowest BCUT2D eigenvalue weighted by Gasteiger charge is -2.22. The number of nitrogens with two attached hydrogens (primary N) is 2. The van der Waals surface area contributed by atoms with Crippen molar-refractivity contribution >= 4 is 53.6 Å². The molecule has 0 unspecified atom stereocenters. The van der Waals surface area contributed by atoms with Gasteiger partial charge < -0.3 is 37.3 Å².